The molecule has 0 atom stereocenters. The molecule has 0 aliphatic heterocycles. The first-order chi connectivity index (χ1) is 9.19. The molecule has 2 aromatic rings. The van der Waals surface area contributed by atoms with Crippen LogP contribution in [-0.2, 0) is 17.6 Å². The van der Waals surface area contributed by atoms with E-state index < -0.39 is 0 Å². The lowest BCUT2D eigenvalue weighted by Gasteiger charge is -2.04. The van der Waals surface area contributed by atoms with Crippen LogP contribution in [0.4, 0.5) is 10.8 Å². The second kappa shape index (κ2) is 6.29. The van der Waals surface area contributed by atoms with Gasteiger partial charge in [-0.25, -0.2) is 0 Å². The minimum Gasteiger partial charge on any atom is -0.399 e. The van der Waals surface area contributed by atoms with E-state index in [9.17, 15) is 4.79 Å². The van der Waals surface area contributed by atoms with E-state index in [1.807, 2.05) is 31.2 Å². The molecule has 1 aromatic carbocycles. The Kier molecular flexibility index (Phi) is 4.46. The van der Waals surface area contributed by atoms with Crippen LogP contribution in [0.15, 0.2) is 24.3 Å². The molecule has 1 heterocycles. The molecule has 19 heavy (non-hydrogen) atoms. The van der Waals surface area contributed by atoms with Crippen molar-refractivity contribution in [2.45, 2.75) is 26.2 Å². The van der Waals surface area contributed by atoms with E-state index in [1.165, 1.54) is 11.3 Å². The lowest BCUT2D eigenvalue weighted by molar-refractivity contribution is -0.116. The van der Waals surface area contributed by atoms with Crippen LogP contribution in [0, 0.1) is 0 Å². The zero-order chi connectivity index (χ0) is 13.7. The van der Waals surface area contributed by atoms with E-state index in [1.54, 1.807) is 0 Å². The number of aromatic nitrogens is 2. The van der Waals surface area contributed by atoms with Crippen molar-refractivity contribution in [3.63, 3.8) is 0 Å². The largest absolute Gasteiger partial charge is 0.399 e. The Morgan fingerprint density at radius 2 is 2.16 bits per heavy atom. The van der Waals surface area contributed by atoms with Gasteiger partial charge in [0.2, 0.25) is 11.0 Å². The quantitative estimate of drug-likeness (QED) is 0.821. The standard InChI is InChI=1S/C13H16N4OS/c1-2-12-16-17-13(19-12)15-11(18)8-7-9-5-3-4-6-10(9)14/h3-6H,2,7-8,14H2,1H3,(H,15,17,18). The van der Waals surface area contributed by atoms with Crippen LogP contribution >= 0.6 is 11.3 Å². The first-order valence-electron chi connectivity index (χ1n) is 6.14. The molecule has 0 aliphatic rings. The van der Waals surface area contributed by atoms with Crippen molar-refractivity contribution >= 4 is 28.1 Å². The molecule has 0 radical (unpaired) electrons. The molecule has 1 aromatic heterocycles. The first-order valence-corrected chi connectivity index (χ1v) is 6.96. The van der Waals surface area contributed by atoms with Gasteiger partial charge in [-0.1, -0.05) is 36.5 Å². The summed E-state index contributed by atoms with van der Waals surface area (Å²) in [7, 11) is 0. The number of carbonyl (C=O) groups is 1. The van der Waals surface area contributed by atoms with Crippen molar-refractivity contribution in [1.29, 1.82) is 0 Å². The van der Waals surface area contributed by atoms with Gasteiger partial charge in [0, 0.05) is 12.1 Å². The normalized spacial score (nSPS) is 10.4. The van der Waals surface area contributed by atoms with Crippen LogP contribution in [0.1, 0.15) is 23.9 Å². The number of carbonyl (C=O) groups excluding carboxylic acids is 1. The smallest absolute Gasteiger partial charge is 0.226 e. The van der Waals surface area contributed by atoms with Gasteiger partial charge in [-0.15, -0.1) is 10.2 Å². The van der Waals surface area contributed by atoms with Crippen molar-refractivity contribution in [1.82, 2.24) is 10.2 Å². The number of anilines is 2. The van der Waals surface area contributed by atoms with Crippen LogP contribution in [0.5, 0.6) is 0 Å². The lowest BCUT2D eigenvalue weighted by atomic mass is 10.1. The molecule has 0 unspecified atom stereocenters. The Morgan fingerprint density at radius 3 is 2.84 bits per heavy atom. The maximum Gasteiger partial charge on any atom is 0.226 e. The predicted octanol–water partition coefficient (Wildman–Crippen LogP) is 2.25. The van der Waals surface area contributed by atoms with Gasteiger partial charge in [-0.05, 0) is 24.5 Å². The highest BCUT2D eigenvalue weighted by molar-refractivity contribution is 7.15. The number of hydrogen-bond acceptors (Lipinski definition) is 5. The SMILES string of the molecule is CCc1nnc(NC(=O)CCc2ccccc2N)s1. The van der Waals surface area contributed by atoms with Gasteiger partial charge in [0.25, 0.3) is 0 Å². The Hall–Kier alpha value is -1.95. The van der Waals surface area contributed by atoms with Crippen LogP contribution in [-0.4, -0.2) is 16.1 Å². The Bertz CT molecular complexity index is 567. The summed E-state index contributed by atoms with van der Waals surface area (Å²) in [6, 6.07) is 7.57. The summed E-state index contributed by atoms with van der Waals surface area (Å²) in [5, 5.41) is 12.1. The van der Waals surface area contributed by atoms with Crippen LogP contribution < -0.4 is 11.1 Å². The molecule has 0 spiro atoms. The van der Waals surface area contributed by atoms with E-state index in [-0.39, 0.29) is 5.91 Å². The number of benzene rings is 1. The van der Waals surface area contributed by atoms with Crippen molar-refractivity contribution in [2.75, 3.05) is 11.1 Å². The summed E-state index contributed by atoms with van der Waals surface area (Å²) in [4.78, 5) is 11.8. The van der Waals surface area contributed by atoms with E-state index in [0.717, 1.165) is 22.7 Å². The van der Waals surface area contributed by atoms with Crippen LogP contribution in [0.2, 0.25) is 0 Å². The zero-order valence-electron chi connectivity index (χ0n) is 10.7. The van der Waals surface area contributed by atoms with Crippen LogP contribution in [0.25, 0.3) is 0 Å². The Morgan fingerprint density at radius 1 is 1.37 bits per heavy atom. The average molecular weight is 276 g/mol. The number of nitrogen functional groups attached to an aromatic ring is 1. The van der Waals surface area contributed by atoms with Gasteiger partial charge in [0.15, 0.2) is 0 Å². The molecular formula is C13H16N4OS. The van der Waals surface area contributed by atoms with E-state index in [0.29, 0.717) is 18.0 Å². The molecule has 1 amide bonds. The number of aryl methyl sites for hydroxylation is 2. The molecule has 2 rings (SSSR count). The third-order valence-electron chi connectivity index (χ3n) is 2.69. The van der Waals surface area contributed by atoms with Gasteiger partial charge in [-0.3, -0.25) is 4.79 Å². The van der Waals surface area contributed by atoms with Gasteiger partial charge in [0.1, 0.15) is 5.01 Å². The van der Waals surface area contributed by atoms with Gasteiger partial charge >= 0.3 is 0 Å². The number of para-hydroxylation sites is 1. The highest BCUT2D eigenvalue weighted by Crippen LogP contribution is 2.17. The summed E-state index contributed by atoms with van der Waals surface area (Å²) in [6.45, 7) is 2.00. The fourth-order valence-corrected chi connectivity index (χ4v) is 2.33. The van der Waals surface area contributed by atoms with E-state index in [2.05, 4.69) is 15.5 Å². The third-order valence-corrected chi connectivity index (χ3v) is 3.68. The summed E-state index contributed by atoms with van der Waals surface area (Å²) < 4.78 is 0. The second-order valence-electron chi connectivity index (χ2n) is 4.10. The van der Waals surface area contributed by atoms with Crippen molar-refractivity contribution < 1.29 is 4.79 Å². The zero-order valence-corrected chi connectivity index (χ0v) is 11.5. The molecule has 3 N–H and O–H groups in total. The molecule has 100 valence electrons. The van der Waals surface area contributed by atoms with E-state index >= 15 is 0 Å². The Labute approximate surface area is 115 Å². The molecular weight excluding hydrogens is 260 g/mol. The predicted molar refractivity (Wildman–Crippen MR) is 77.1 cm³/mol. The van der Waals surface area contributed by atoms with Crippen molar-refractivity contribution in [3.8, 4) is 0 Å². The highest BCUT2D eigenvalue weighted by atomic mass is 32.1. The van der Waals surface area contributed by atoms with Crippen LogP contribution in [0.3, 0.4) is 0 Å². The van der Waals surface area contributed by atoms with Gasteiger partial charge in [-0.2, -0.15) is 0 Å². The number of amides is 1. The molecule has 0 aliphatic carbocycles. The van der Waals surface area contributed by atoms with E-state index in [4.69, 9.17) is 5.73 Å². The summed E-state index contributed by atoms with van der Waals surface area (Å²) in [5.41, 5.74) is 7.54. The minimum atomic E-state index is -0.0675. The van der Waals surface area contributed by atoms with Crippen molar-refractivity contribution in [3.05, 3.63) is 34.8 Å². The molecule has 0 saturated carbocycles. The van der Waals surface area contributed by atoms with Gasteiger partial charge in [0.05, 0.1) is 0 Å². The molecule has 6 heteroatoms. The number of nitrogens with one attached hydrogen (secondary N) is 1. The summed E-state index contributed by atoms with van der Waals surface area (Å²) in [6.07, 6.45) is 1.83. The monoisotopic (exact) mass is 276 g/mol. The maximum atomic E-state index is 11.8. The fraction of sp³-hybridized carbons (Fsp3) is 0.308. The molecule has 0 bridgehead atoms. The number of nitrogens with two attached hydrogens (primary N) is 1. The number of nitrogens with zero attached hydrogens (tertiary/aromatic N) is 2. The lowest BCUT2D eigenvalue weighted by Crippen LogP contribution is -2.12. The average Bonchev–Trinajstić information content (AvgIpc) is 2.85. The topological polar surface area (TPSA) is 80.9 Å². The summed E-state index contributed by atoms with van der Waals surface area (Å²) in [5.74, 6) is -0.0675. The number of hydrogen-bond donors (Lipinski definition) is 2. The first kappa shape index (κ1) is 13.5. The summed E-state index contributed by atoms with van der Waals surface area (Å²) >= 11 is 1.41. The second-order valence-corrected chi connectivity index (χ2v) is 5.16. The third kappa shape index (κ3) is 3.75. The van der Waals surface area contributed by atoms with Crippen molar-refractivity contribution in [2.24, 2.45) is 0 Å². The molecule has 0 saturated heterocycles. The van der Waals surface area contributed by atoms with Gasteiger partial charge < -0.3 is 11.1 Å². The number of rotatable bonds is 5. The minimum absolute atomic E-state index is 0.0675. The Balaban J connectivity index is 1.86. The molecule has 0 fully saturated rings. The maximum absolute atomic E-state index is 11.8. The fourth-order valence-electron chi connectivity index (χ4n) is 1.64. The molecule has 5 nitrogen and oxygen atoms in total. The highest BCUT2D eigenvalue weighted by Gasteiger charge is 2.08.